The topological polar surface area (TPSA) is 52.1 Å². The van der Waals surface area contributed by atoms with E-state index < -0.39 is 0 Å². The number of rotatable bonds is 9. The van der Waals surface area contributed by atoms with Crippen molar-refractivity contribution in [3.63, 3.8) is 0 Å². The number of benzene rings is 2. The van der Waals surface area contributed by atoms with Crippen LogP contribution in [0.5, 0.6) is 5.75 Å². The van der Waals surface area contributed by atoms with Gasteiger partial charge in [0.1, 0.15) is 5.75 Å². The molecule has 1 saturated heterocycles. The lowest BCUT2D eigenvalue weighted by atomic mass is 10.1. The number of halogens is 1. The summed E-state index contributed by atoms with van der Waals surface area (Å²) >= 11 is 0. The van der Waals surface area contributed by atoms with Crippen molar-refractivity contribution in [1.82, 2.24) is 20.4 Å². The monoisotopic (exact) mass is 539 g/mol. The third kappa shape index (κ3) is 8.82. The van der Waals surface area contributed by atoms with E-state index in [1.807, 2.05) is 13.1 Å². The number of fused-ring (bicyclic) bond motifs is 1. The molecule has 0 spiro atoms. The second kappa shape index (κ2) is 13.8. The fourth-order valence-electron chi connectivity index (χ4n) is 3.75. The minimum Gasteiger partial charge on any atom is -0.494 e. The van der Waals surface area contributed by atoms with Crippen LogP contribution < -0.4 is 15.4 Å². The highest BCUT2D eigenvalue weighted by atomic mass is 127. The smallest absolute Gasteiger partial charge is 0.190 e. The SMILES string of the molecule is CN=C(NCCCOc1ccc2ccccc2c1)NCC(C)CN1CCN(C)CC1.I. The molecule has 0 saturated carbocycles. The lowest BCUT2D eigenvalue weighted by Crippen LogP contribution is -2.47. The molecule has 31 heavy (non-hydrogen) atoms. The first kappa shape index (κ1) is 25.7. The highest BCUT2D eigenvalue weighted by Crippen LogP contribution is 2.20. The third-order valence-corrected chi connectivity index (χ3v) is 5.61. The number of nitrogens with zero attached hydrogens (tertiary/aromatic N) is 3. The van der Waals surface area contributed by atoms with Gasteiger partial charge in [0.05, 0.1) is 6.61 Å². The normalized spacial score (nSPS) is 16.5. The molecule has 6 nitrogen and oxygen atoms in total. The van der Waals surface area contributed by atoms with Crippen LogP contribution in [-0.2, 0) is 0 Å². The average Bonchev–Trinajstić information content (AvgIpc) is 2.77. The second-order valence-corrected chi connectivity index (χ2v) is 8.30. The Bertz CT molecular complexity index is 807. The van der Waals surface area contributed by atoms with Gasteiger partial charge in [-0.15, -0.1) is 24.0 Å². The van der Waals surface area contributed by atoms with Crippen molar-refractivity contribution in [3.05, 3.63) is 42.5 Å². The molecule has 1 aliphatic rings. The van der Waals surface area contributed by atoms with Gasteiger partial charge >= 0.3 is 0 Å². The van der Waals surface area contributed by atoms with E-state index in [1.54, 1.807) is 0 Å². The quantitative estimate of drug-likeness (QED) is 0.222. The number of hydrogen-bond acceptors (Lipinski definition) is 4. The Balaban J connectivity index is 0.00000341. The van der Waals surface area contributed by atoms with Gasteiger partial charge in [0, 0.05) is 52.9 Å². The first-order valence-corrected chi connectivity index (χ1v) is 11.1. The van der Waals surface area contributed by atoms with E-state index in [1.165, 1.54) is 37.0 Å². The average molecular weight is 540 g/mol. The van der Waals surface area contributed by atoms with Crippen LogP contribution in [0.4, 0.5) is 0 Å². The van der Waals surface area contributed by atoms with E-state index in [9.17, 15) is 0 Å². The summed E-state index contributed by atoms with van der Waals surface area (Å²) in [5, 5.41) is 9.30. The van der Waals surface area contributed by atoms with Crippen molar-refractivity contribution in [2.75, 3.05) is 66.5 Å². The minimum atomic E-state index is 0. The third-order valence-electron chi connectivity index (χ3n) is 5.61. The zero-order valence-electron chi connectivity index (χ0n) is 19.1. The summed E-state index contributed by atoms with van der Waals surface area (Å²) in [5.41, 5.74) is 0. The standard InChI is InChI=1S/C24H37N5O.HI/c1-20(19-29-14-12-28(3)13-15-29)18-27-24(25-2)26-11-6-16-30-23-10-9-21-7-4-5-8-22(21)17-23;/h4-5,7-10,17,20H,6,11-16,18-19H2,1-3H3,(H2,25,26,27);1H. The van der Waals surface area contributed by atoms with Crippen molar-refractivity contribution in [3.8, 4) is 5.75 Å². The summed E-state index contributed by atoms with van der Waals surface area (Å²) in [7, 11) is 4.02. The molecule has 2 N–H and O–H groups in total. The molecule has 0 aromatic heterocycles. The molecule has 1 fully saturated rings. The summed E-state index contributed by atoms with van der Waals surface area (Å²) < 4.78 is 5.91. The van der Waals surface area contributed by atoms with Crippen molar-refractivity contribution in [1.29, 1.82) is 0 Å². The summed E-state index contributed by atoms with van der Waals surface area (Å²) in [4.78, 5) is 9.30. The Morgan fingerprint density at radius 1 is 1.06 bits per heavy atom. The number of nitrogens with one attached hydrogen (secondary N) is 2. The maximum Gasteiger partial charge on any atom is 0.190 e. The lowest BCUT2D eigenvalue weighted by molar-refractivity contribution is 0.139. The van der Waals surface area contributed by atoms with Crippen LogP contribution in [-0.4, -0.2) is 82.3 Å². The molecule has 1 atom stereocenters. The fourth-order valence-corrected chi connectivity index (χ4v) is 3.75. The molecular weight excluding hydrogens is 501 g/mol. The Kier molecular flexibility index (Phi) is 11.4. The van der Waals surface area contributed by atoms with Gasteiger partial charge < -0.3 is 25.2 Å². The minimum absolute atomic E-state index is 0. The zero-order valence-corrected chi connectivity index (χ0v) is 21.5. The van der Waals surface area contributed by atoms with Gasteiger partial charge in [-0.3, -0.25) is 4.99 Å². The first-order chi connectivity index (χ1) is 14.6. The van der Waals surface area contributed by atoms with Crippen LogP contribution in [0.3, 0.4) is 0 Å². The van der Waals surface area contributed by atoms with Crippen LogP contribution in [0, 0.1) is 5.92 Å². The van der Waals surface area contributed by atoms with Gasteiger partial charge in [-0.25, -0.2) is 0 Å². The molecule has 1 unspecified atom stereocenters. The van der Waals surface area contributed by atoms with Crippen molar-refractivity contribution in [2.24, 2.45) is 10.9 Å². The highest BCUT2D eigenvalue weighted by molar-refractivity contribution is 14.0. The Morgan fingerprint density at radius 3 is 2.55 bits per heavy atom. The van der Waals surface area contributed by atoms with Gasteiger partial charge in [-0.1, -0.05) is 37.3 Å². The van der Waals surface area contributed by atoms with Crippen molar-refractivity contribution >= 4 is 40.7 Å². The molecule has 2 aromatic rings. The summed E-state index contributed by atoms with van der Waals surface area (Å²) in [6, 6.07) is 14.6. The van der Waals surface area contributed by atoms with Crippen LogP contribution >= 0.6 is 24.0 Å². The van der Waals surface area contributed by atoms with E-state index in [0.29, 0.717) is 12.5 Å². The van der Waals surface area contributed by atoms with E-state index in [-0.39, 0.29) is 24.0 Å². The van der Waals surface area contributed by atoms with E-state index in [2.05, 4.69) is 75.8 Å². The molecule has 3 rings (SSSR count). The van der Waals surface area contributed by atoms with Crippen molar-refractivity contribution < 1.29 is 4.74 Å². The van der Waals surface area contributed by atoms with Gasteiger partial charge in [0.2, 0.25) is 0 Å². The number of likely N-dealkylation sites (N-methyl/N-ethyl adjacent to an activating group) is 1. The largest absolute Gasteiger partial charge is 0.494 e. The van der Waals surface area contributed by atoms with Crippen LogP contribution in [0.2, 0.25) is 0 Å². The van der Waals surface area contributed by atoms with Gasteiger partial charge in [-0.2, -0.15) is 0 Å². The Hall–Kier alpha value is -1.58. The predicted molar refractivity (Wildman–Crippen MR) is 142 cm³/mol. The molecule has 0 radical (unpaired) electrons. The number of guanidine groups is 1. The molecule has 172 valence electrons. The molecule has 2 aromatic carbocycles. The maximum absolute atomic E-state index is 5.91. The molecule has 1 heterocycles. The predicted octanol–water partition coefficient (Wildman–Crippen LogP) is 3.28. The highest BCUT2D eigenvalue weighted by Gasteiger charge is 2.16. The molecule has 7 heteroatoms. The lowest BCUT2D eigenvalue weighted by Gasteiger charge is -2.34. The molecule has 0 bridgehead atoms. The molecule has 0 aliphatic carbocycles. The van der Waals surface area contributed by atoms with Gasteiger partial charge in [0.25, 0.3) is 0 Å². The number of hydrogen-bond donors (Lipinski definition) is 2. The van der Waals surface area contributed by atoms with Crippen LogP contribution in [0.25, 0.3) is 10.8 Å². The maximum atomic E-state index is 5.91. The van der Waals surface area contributed by atoms with E-state index in [4.69, 9.17) is 4.74 Å². The van der Waals surface area contributed by atoms with Crippen LogP contribution in [0.1, 0.15) is 13.3 Å². The Morgan fingerprint density at radius 2 is 1.81 bits per heavy atom. The zero-order chi connectivity index (χ0) is 21.2. The first-order valence-electron chi connectivity index (χ1n) is 11.1. The Labute approximate surface area is 204 Å². The summed E-state index contributed by atoms with van der Waals surface area (Å²) in [6.07, 6.45) is 0.921. The molecular formula is C24H38IN5O. The second-order valence-electron chi connectivity index (χ2n) is 8.30. The van der Waals surface area contributed by atoms with Crippen molar-refractivity contribution in [2.45, 2.75) is 13.3 Å². The summed E-state index contributed by atoms with van der Waals surface area (Å²) in [6.45, 7) is 10.6. The van der Waals surface area contributed by atoms with E-state index in [0.717, 1.165) is 37.8 Å². The number of piperazine rings is 1. The van der Waals surface area contributed by atoms with E-state index >= 15 is 0 Å². The van der Waals surface area contributed by atoms with Gasteiger partial charge in [-0.05, 0) is 42.3 Å². The fraction of sp³-hybridized carbons (Fsp3) is 0.542. The summed E-state index contributed by atoms with van der Waals surface area (Å²) in [5.74, 6) is 2.38. The van der Waals surface area contributed by atoms with Crippen LogP contribution in [0.15, 0.2) is 47.5 Å². The molecule has 1 aliphatic heterocycles. The number of ether oxygens (including phenoxy) is 1. The number of aliphatic imine (C=N–C) groups is 1. The van der Waals surface area contributed by atoms with Gasteiger partial charge in [0.15, 0.2) is 5.96 Å². The molecule has 0 amide bonds.